The maximum Gasteiger partial charge on any atom is 0.407 e. The van der Waals surface area contributed by atoms with E-state index in [9.17, 15) is 10.0 Å². The van der Waals surface area contributed by atoms with Crippen LogP contribution in [0.5, 0.6) is 0 Å². The molecule has 0 aliphatic rings. The zero-order valence-electron chi connectivity index (χ0n) is 9.69. The van der Waals surface area contributed by atoms with Crippen molar-refractivity contribution in [1.29, 1.82) is 0 Å². The van der Waals surface area contributed by atoms with Crippen LogP contribution in [0.1, 0.15) is 26.3 Å². The summed E-state index contributed by atoms with van der Waals surface area (Å²) in [6.07, 6.45) is 2.30. The van der Waals surface area contributed by atoms with Crippen LogP contribution in [-0.4, -0.2) is 11.7 Å². The standard InChI is InChI=1S/C11H16N2O3/c1-11(2,3)16-10(14)12-8-9-4-6-13(15)7-5-9/h4-7H,8H2,1-3H3,(H,12,14). The van der Waals surface area contributed by atoms with Crippen LogP contribution in [0.15, 0.2) is 24.5 Å². The first-order valence-corrected chi connectivity index (χ1v) is 5.01. The van der Waals surface area contributed by atoms with Crippen molar-refractivity contribution < 1.29 is 14.3 Å². The fourth-order valence-corrected chi connectivity index (χ4v) is 1.05. The van der Waals surface area contributed by atoms with Gasteiger partial charge in [0.25, 0.3) is 0 Å². The number of rotatable bonds is 2. The predicted molar refractivity (Wildman–Crippen MR) is 58.5 cm³/mol. The normalized spacial score (nSPS) is 10.9. The molecule has 0 bridgehead atoms. The molecular weight excluding hydrogens is 208 g/mol. The number of carbonyl (C=O) groups is 1. The molecule has 1 N–H and O–H groups in total. The van der Waals surface area contributed by atoms with E-state index in [1.165, 1.54) is 12.4 Å². The van der Waals surface area contributed by atoms with Crippen molar-refractivity contribution in [2.75, 3.05) is 0 Å². The van der Waals surface area contributed by atoms with Crippen molar-refractivity contribution in [3.63, 3.8) is 0 Å². The van der Waals surface area contributed by atoms with Crippen molar-refractivity contribution in [2.24, 2.45) is 0 Å². The van der Waals surface area contributed by atoms with Crippen molar-refractivity contribution >= 4 is 6.09 Å². The Bertz CT molecular complexity index is 354. The molecule has 16 heavy (non-hydrogen) atoms. The van der Waals surface area contributed by atoms with Gasteiger partial charge in [0.1, 0.15) is 5.60 Å². The molecule has 1 aromatic heterocycles. The number of ether oxygens (including phenoxy) is 1. The van der Waals surface area contributed by atoms with E-state index in [1.54, 1.807) is 32.9 Å². The highest BCUT2D eigenvalue weighted by atomic mass is 16.6. The average molecular weight is 224 g/mol. The number of hydrogen-bond acceptors (Lipinski definition) is 3. The van der Waals surface area contributed by atoms with Crippen LogP contribution in [-0.2, 0) is 11.3 Å². The molecule has 0 unspecified atom stereocenters. The summed E-state index contributed by atoms with van der Waals surface area (Å²) in [5.74, 6) is 0. The highest BCUT2D eigenvalue weighted by molar-refractivity contribution is 5.67. The molecule has 0 saturated heterocycles. The Kier molecular flexibility index (Phi) is 3.71. The number of nitrogens with one attached hydrogen (secondary N) is 1. The molecule has 0 atom stereocenters. The lowest BCUT2D eigenvalue weighted by atomic mass is 10.2. The third-order valence-electron chi connectivity index (χ3n) is 1.71. The van der Waals surface area contributed by atoms with Gasteiger partial charge in [-0.3, -0.25) is 0 Å². The SMILES string of the molecule is CC(C)(C)OC(=O)NCc1cc[n+]([O-])cc1. The predicted octanol–water partition coefficient (Wildman–Crippen LogP) is 1.34. The summed E-state index contributed by atoms with van der Waals surface area (Å²) in [7, 11) is 0. The molecule has 0 radical (unpaired) electrons. The first kappa shape index (κ1) is 12.3. The van der Waals surface area contributed by atoms with Gasteiger partial charge in [-0.1, -0.05) is 0 Å². The van der Waals surface area contributed by atoms with Crippen LogP contribution < -0.4 is 10.0 Å². The van der Waals surface area contributed by atoms with Crippen molar-refractivity contribution in [1.82, 2.24) is 5.32 Å². The van der Waals surface area contributed by atoms with Gasteiger partial charge in [0.05, 0.1) is 0 Å². The van der Waals surface area contributed by atoms with Gasteiger partial charge in [0.2, 0.25) is 0 Å². The second-order valence-corrected chi connectivity index (χ2v) is 4.42. The summed E-state index contributed by atoms with van der Waals surface area (Å²) in [4.78, 5) is 11.3. The van der Waals surface area contributed by atoms with Crippen molar-refractivity contribution in [3.05, 3.63) is 35.3 Å². The van der Waals surface area contributed by atoms with Crippen LogP contribution in [0.2, 0.25) is 0 Å². The molecular formula is C11H16N2O3. The van der Waals surface area contributed by atoms with Gasteiger partial charge in [-0.05, 0) is 26.3 Å². The summed E-state index contributed by atoms with van der Waals surface area (Å²) in [5.41, 5.74) is 0.344. The van der Waals surface area contributed by atoms with E-state index in [0.717, 1.165) is 5.56 Å². The fraction of sp³-hybridized carbons (Fsp3) is 0.455. The number of hydrogen-bond donors (Lipinski definition) is 1. The number of carbonyl (C=O) groups excluding carboxylic acids is 1. The summed E-state index contributed by atoms with van der Waals surface area (Å²) in [6, 6.07) is 3.29. The molecule has 1 aromatic rings. The minimum absolute atomic E-state index is 0.343. The molecule has 0 spiro atoms. The van der Waals surface area contributed by atoms with Gasteiger partial charge in [-0.15, -0.1) is 0 Å². The molecule has 0 aliphatic carbocycles. The van der Waals surface area contributed by atoms with Gasteiger partial charge in [0.15, 0.2) is 12.4 Å². The summed E-state index contributed by atoms with van der Waals surface area (Å²) in [5, 5.41) is 13.4. The van der Waals surface area contributed by atoms with Gasteiger partial charge < -0.3 is 15.3 Å². The van der Waals surface area contributed by atoms with E-state index in [4.69, 9.17) is 4.74 Å². The summed E-state index contributed by atoms with van der Waals surface area (Å²) >= 11 is 0. The molecule has 1 amide bonds. The maximum absolute atomic E-state index is 11.3. The molecule has 5 nitrogen and oxygen atoms in total. The van der Waals surface area contributed by atoms with Crippen LogP contribution in [0.3, 0.4) is 0 Å². The topological polar surface area (TPSA) is 65.3 Å². The van der Waals surface area contributed by atoms with Crippen LogP contribution in [0.25, 0.3) is 0 Å². The van der Waals surface area contributed by atoms with E-state index in [2.05, 4.69) is 5.32 Å². The molecule has 5 heteroatoms. The highest BCUT2D eigenvalue weighted by Crippen LogP contribution is 2.06. The first-order valence-electron chi connectivity index (χ1n) is 5.01. The van der Waals surface area contributed by atoms with E-state index in [-0.39, 0.29) is 0 Å². The Labute approximate surface area is 94.6 Å². The molecule has 1 rings (SSSR count). The van der Waals surface area contributed by atoms with Gasteiger partial charge in [-0.25, -0.2) is 4.79 Å². The number of pyridine rings is 1. The maximum atomic E-state index is 11.3. The Morgan fingerprint density at radius 2 is 2.00 bits per heavy atom. The number of amides is 1. The van der Waals surface area contributed by atoms with E-state index >= 15 is 0 Å². The molecule has 1 heterocycles. The van der Waals surface area contributed by atoms with Crippen molar-refractivity contribution in [2.45, 2.75) is 32.9 Å². The first-order chi connectivity index (χ1) is 7.37. The lowest BCUT2D eigenvalue weighted by Crippen LogP contribution is -2.32. The lowest BCUT2D eigenvalue weighted by molar-refractivity contribution is -0.605. The monoisotopic (exact) mass is 224 g/mol. The number of alkyl carbamates (subject to hydrolysis) is 1. The summed E-state index contributed by atoms with van der Waals surface area (Å²) in [6.45, 7) is 5.75. The number of aromatic nitrogens is 1. The largest absolute Gasteiger partial charge is 0.619 e. The third-order valence-corrected chi connectivity index (χ3v) is 1.71. The second kappa shape index (κ2) is 4.83. The molecule has 0 aliphatic heterocycles. The zero-order chi connectivity index (χ0) is 12.2. The van der Waals surface area contributed by atoms with Gasteiger partial charge in [0, 0.05) is 18.7 Å². The van der Waals surface area contributed by atoms with E-state index in [0.29, 0.717) is 11.3 Å². The second-order valence-electron chi connectivity index (χ2n) is 4.42. The number of nitrogens with zero attached hydrogens (tertiary/aromatic N) is 1. The Hall–Kier alpha value is -1.78. The zero-order valence-corrected chi connectivity index (χ0v) is 9.69. The van der Waals surface area contributed by atoms with E-state index in [1.807, 2.05) is 0 Å². The minimum Gasteiger partial charge on any atom is -0.619 e. The van der Waals surface area contributed by atoms with Crippen LogP contribution >= 0.6 is 0 Å². The third kappa shape index (κ3) is 4.63. The Morgan fingerprint density at radius 3 is 2.50 bits per heavy atom. The molecule has 0 fully saturated rings. The molecule has 88 valence electrons. The average Bonchev–Trinajstić information content (AvgIpc) is 2.14. The van der Waals surface area contributed by atoms with Crippen molar-refractivity contribution in [3.8, 4) is 0 Å². The van der Waals surface area contributed by atoms with Gasteiger partial charge in [-0.2, -0.15) is 4.73 Å². The van der Waals surface area contributed by atoms with Crippen LogP contribution in [0, 0.1) is 5.21 Å². The van der Waals surface area contributed by atoms with Gasteiger partial charge >= 0.3 is 6.09 Å². The molecule has 0 aromatic carbocycles. The highest BCUT2D eigenvalue weighted by Gasteiger charge is 2.15. The quantitative estimate of drug-likeness (QED) is 0.609. The Morgan fingerprint density at radius 1 is 1.44 bits per heavy atom. The lowest BCUT2D eigenvalue weighted by Gasteiger charge is -2.19. The van der Waals surface area contributed by atoms with E-state index < -0.39 is 11.7 Å². The minimum atomic E-state index is -0.501. The van der Waals surface area contributed by atoms with Crippen LogP contribution in [0.4, 0.5) is 4.79 Å². The smallest absolute Gasteiger partial charge is 0.407 e. The summed E-state index contributed by atoms with van der Waals surface area (Å²) < 4.78 is 5.76. The Balaban J connectivity index is 2.40. The molecule has 0 saturated carbocycles. The fourth-order valence-electron chi connectivity index (χ4n) is 1.05.